The molecule has 0 aliphatic carbocycles. The number of hydrogen-bond acceptors (Lipinski definition) is 4. The highest BCUT2D eigenvalue weighted by atomic mass is 16.4. The minimum Gasteiger partial charge on any atom is -0.481 e. The number of urea groups is 1. The number of carbonyl (C=O) groups is 3. The molecule has 0 heterocycles. The van der Waals surface area contributed by atoms with E-state index >= 15 is 0 Å². The van der Waals surface area contributed by atoms with Crippen LogP contribution in [0.3, 0.4) is 0 Å². The van der Waals surface area contributed by atoms with Gasteiger partial charge < -0.3 is 20.4 Å². The summed E-state index contributed by atoms with van der Waals surface area (Å²) in [5.74, 6) is -2.75. The summed E-state index contributed by atoms with van der Waals surface area (Å²) in [6.45, 7) is 1.62. The third-order valence-electron chi connectivity index (χ3n) is 2.34. The molecule has 0 aliphatic rings. The maximum absolute atomic E-state index is 11.6. The molecule has 8 heteroatoms. The van der Waals surface area contributed by atoms with Gasteiger partial charge in [0.25, 0.3) is 0 Å². The van der Waals surface area contributed by atoms with E-state index in [1.165, 1.54) is 7.05 Å². The second-order valence-corrected chi connectivity index (χ2v) is 3.76. The molecule has 18 heavy (non-hydrogen) atoms. The van der Waals surface area contributed by atoms with Crippen molar-refractivity contribution in [3.8, 4) is 6.07 Å². The zero-order chi connectivity index (χ0) is 14.3. The lowest BCUT2D eigenvalue weighted by molar-refractivity contribution is -0.145. The summed E-state index contributed by atoms with van der Waals surface area (Å²) in [7, 11) is 1.40. The van der Waals surface area contributed by atoms with Gasteiger partial charge in [0.05, 0.1) is 18.9 Å². The molecule has 0 rings (SSSR count). The molecular formula is C10H15N3O5. The summed E-state index contributed by atoms with van der Waals surface area (Å²) in [6.07, 6.45) is -0.609. The van der Waals surface area contributed by atoms with E-state index in [-0.39, 0.29) is 6.42 Å². The average molecular weight is 257 g/mol. The first-order valence-corrected chi connectivity index (χ1v) is 5.14. The lowest BCUT2D eigenvalue weighted by Crippen LogP contribution is -2.49. The number of rotatable bonds is 6. The minimum atomic E-state index is -1.49. The smallest absolute Gasteiger partial charge is 0.326 e. The molecule has 100 valence electrons. The Kier molecular flexibility index (Phi) is 6.20. The molecule has 0 saturated carbocycles. The van der Waals surface area contributed by atoms with Gasteiger partial charge in [-0.3, -0.25) is 4.79 Å². The fourth-order valence-corrected chi connectivity index (χ4v) is 1.09. The number of aliphatic carboxylic acids is 2. The standard InChI is InChI=1S/C10H15N3O5/c1-6(3-4-11)13(2)10(18)12-7(9(16)17)5-8(14)15/h6-7H,3,5H2,1-2H3,(H,12,18)(H,14,15)(H,16,17)/t6?,7-/m0/s1. The first-order valence-electron chi connectivity index (χ1n) is 5.14. The Labute approximate surface area is 104 Å². The second kappa shape index (κ2) is 7.11. The van der Waals surface area contributed by atoms with Gasteiger partial charge >= 0.3 is 18.0 Å². The highest BCUT2D eigenvalue weighted by Crippen LogP contribution is 2.02. The molecule has 0 aromatic rings. The molecule has 0 saturated heterocycles. The van der Waals surface area contributed by atoms with Gasteiger partial charge in [0, 0.05) is 13.1 Å². The van der Waals surface area contributed by atoms with E-state index < -0.39 is 36.5 Å². The number of nitrogens with zero attached hydrogens (tertiary/aromatic N) is 2. The molecule has 0 spiro atoms. The summed E-state index contributed by atoms with van der Waals surface area (Å²) in [4.78, 5) is 33.9. The van der Waals surface area contributed by atoms with E-state index in [2.05, 4.69) is 5.32 Å². The maximum atomic E-state index is 11.6. The summed E-state index contributed by atoms with van der Waals surface area (Å²) in [5, 5.41) is 27.8. The summed E-state index contributed by atoms with van der Waals surface area (Å²) in [6, 6.07) is -0.739. The Bertz CT molecular complexity index is 376. The molecule has 0 aliphatic heterocycles. The largest absolute Gasteiger partial charge is 0.481 e. The van der Waals surface area contributed by atoms with Crippen molar-refractivity contribution in [3.63, 3.8) is 0 Å². The molecule has 0 aromatic heterocycles. The van der Waals surface area contributed by atoms with Crippen LogP contribution in [-0.4, -0.2) is 52.2 Å². The van der Waals surface area contributed by atoms with Crippen LogP contribution in [0.5, 0.6) is 0 Å². The van der Waals surface area contributed by atoms with E-state index in [0.717, 1.165) is 4.90 Å². The lowest BCUT2D eigenvalue weighted by Gasteiger charge is -2.25. The van der Waals surface area contributed by atoms with Crippen LogP contribution in [0.4, 0.5) is 4.79 Å². The number of carboxylic acid groups (broad SMARTS) is 2. The fraction of sp³-hybridized carbons (Fsp3) is 0.600. The van der Waals surface area contributed by atoms with Crippen molar-refractivity contribution < 1.29 is 24.6 Å². The van der Waals surface area contributed by atoms with Crippen LogP contribution in [0.25, 0.3) is 0 Å². The Morgan fingerprint density at radius 1 is 1.39 bits per heavy atom. The predicted octanol–water partition coefficient (Wildman–Crippen LogP) is -0.142. The summed E-state index contributed by atoms with van der Waals surface area (Å²) in [5.41, 5.74) is 0. The number of hydrogen-bond donors (Lipinski definition) is 3. The van der Waals surface area contributed by atoms with Crippen LogP contribution >= 0.6 is 0 Å². The van der Waals surface area contributed by atoms with Crippen molar-refractivity contribution >= 4 is 18.0 Å². The van der Waals surface area contributed by atoms with Crippen molar-refractivity contribution in [2.45, 2.75) is 31.8 Å². The quantitative estimate of drug-likeness (QED) is 0.606. The molecule has 0 radical (unpaired) electrons. The van der Waals surface area contributed by atoms with Gasteiger partial charge in [-0.2, -0.15) is 5.26 Å². The monoisotopic (exact) mass is 257 g/mol. The summed E-state index contributed by atoms with van der Waals surface area (Å²) >= 11 is 0. The Balaban J connectivity index is 4.55. The van der Waals surface area contributed by atoms with Crippen LogP contribution in [0.15, 0.2) is 0 Å². The maximum Gasteiger partial charge on any atom is 0.326 e. The van der Waals surface area contributed by atoms with Crippen molar-refractivity contribution in [3.05, 3.63) is 0 Å². The molecule has 0 aromatic carbocycles. The molecule has 2 atom stereocenters. The number of nitrogens with one attached hydrogen (secondary N) is 1. The van der Waals surface area contributed by atoms with Crippen LogP contribution < -0.4 is 5.32 Å². The first-order chi connectivity index (χ1) is 8.29. The van der Waals surface area contributed by atoms with Gasteiger partial charge in [-0.25, -0.2) is 9.59 Å². The minimum absolute atomic E-state index is 0.0978. The van der Waals surface area contributed by atoms with E-state index in [1.807, 2.05) is 6.07 Å². The highest BCUT2D eigenvalue weighted by molar-refractivity contribution is 5.86. The second-order valence-electron chi connectivity index (χ2n) is 3.76. The van der Waals surface area contributed by atoms with Gasteiger partial charge in [-0.1, -0.05) is 0 Å². The SMILES string of the molecule is CC(CC#N)N(C)C(=O)N[C@@H](CC(=O)O)C(=O)O. The number of nitriles is 1. The molecular weight excluding hydrogens is 242 g/mol. The molecule has 1 unspecified atom stereocenters. The highest BCUT2D eigenvalue weighted by Gasteiger charge is 2.25. The van der Waals surface area contributed by atoms with Crippen molar-refractivity contribution in [1.82, 2.24) is 10.2 Å². The van der Waals surface area contributed by atoms with Crippen LogP contribution in [-0.2, 0) is 9.59 Å². The average Bonchev–Trinajstić information content (AvgIpc) is 2.26. The molecule has 2 amide bonds. The molecule has 8 nitrogen and oxygen atoms in total. The third-order valence-corrected chi connectivity index (χ3v) is 2.34. The topological polar surface area (TPSA) is 131 Å². The van der Waals surface area contributed by atoms with Crippen LogP contribution in [0.2, 0.25) is 0 Å². The summed E-state index contributed by atoms with van der Waals surface area (Å²) < 4.78 is 0. The van der Waals surface area contributed by atoms with Gasteiger partial charge in [0.15, 0.2) is 0 Å². The molecule has 0 bridgehead atoms. The van der Waals surface area contributed by atoms with Gasteiger partial charge in [0.1, 0.15) is 6.04 Å². The Morgan fingerprint density at radius 2 is 1.94 bits per heavy atom. The van der Waals surface area contributed by atoms with Crippen molar-refractivity contribution in [2.24, 2.45) is 0 Å². The Morgan fingerprint density at radius 3 is 2.33 bits per heavy atom. The molecule has 3 N–H and O–H groups in total. The number of amides is 2. The predicted molar refractivity (Wildman–Crippen MR) is 59.7 cm³/mol. The van der Waals surface area contributed by atoms with E-state index in [1.54, 1.807) is 6.92 Å². The number of carbonyl (C=O) groups excluding carboxylic acids is 1. The van der Waals surface area contributed by atoms with Crippen molar-refractivity contribution in [1.29, 1.82) is 5.26 Å². The van der Waals surface area contributed by atoms with Gasteiger partial charge in [-0.05, 0) is 6.92 Å². The first kappa shape index (κ1) is 15.7. The van der Waals surface area contributed by atoms with Crippen LogP contribution in [0, 0.1) is 11.3 Å². The zero-order valence-corrected chi connectivity index (χ0v) is 10.1. The van der Waals surface area contributed by atoms with E-state index in [0.29, 0.717) is 0 Å². The van der Waals surface area contributed by atoms with Crippen LogP contribution in [0.1, 0.15) is 19.8 Å². The zero-order valence-electron chi connectivity index (χ0n) is 10.1. The van der Waals surface area contributed by atoms with E-state index in [4.69, 9.17) is 15.5 Å². The number of carboxylic acids is 2. The van der Waals surface area contributed by atoms with Crippen molar-refractivity contribution in [2.75, 3.05) is 7.05 Å². The Hall–Kier alpha value is -2.30. The molecule has 0 fully saturated rings. The lowest BCUT2D eigenvalue weighted by atomic mass is 10.2. The third kappa shape index (κ3) is 5.16. The van der Waals surface area contributed by atoms with Gasteiger partial charge in [-0.15, -0.1) is 0 Å². The van der Waals surface area contributed by atoms with Gasteiger partial charge in [0.2, 0.25) is 0 Å². The van der Waals surface area contributed by atoms with E-state index in [9.17, 15) is 14.4 Å². The normalized spacial score (nSPS) is 12.9. The fourth-order valence-electron chi connectivity index (χ4n) is 1.09.